The standard InChI is InChI=1S/C19H18F4N2O2S/c20-16-12-7-6-10(24-12)9-14(16)25-13-4-1-3-11-17(13)27-15(5-2-8-26)18(11)28-19(21,22)23/h1,3-4,10,12,14,16,24-26H,6-9H2/t10-,12+,14-,16+/m1/s1. The average Bonchev–Trinajstić information content (AvgIpc) is 3.20. The SMILES string of the molecule is OCC#Cc1oc2c(N[C@@H]3C[C@H]4CC[C@H](N4)[C@@H]3F)cccc2c1SC(F)(F)F. The summed E-state index contributed by atoms with van der Waals surface area (Å²) in [5.74, 6) is 4.60. The Morgan fingerprint density at radius 3 is 2.89 bits per heavy atom. The zero-order valence-corrected chi connectivity index (χ0v) is 15.5. The summed E-state index contributed by atoms with van der Waals surface area (Å²) in [6.45, 7) is -0.500. The number of anilines is 1. The van der Waals surface area contributed by atoms with Crippen molar-refractivity contribution >= 4 is 28.4 Å². The van der Waals surface area contributed by atoms with Crippen LogP contribution in [-0.2, 0) is 0 Å². The maximum absolute atomic E-state index is 14.7. The van der Waals surface area contributed by atoms with E-state index in [1.54, 1.807) is 12.1 Å². The summed E-state index contributed by atoms with van der Waals surface area (Å²) in [6.07, 6.45) is 1.20. The van der Waals surface area contributed by atoms with Crippen LogP contribution in [0.4, 0.5) is 23.2 Å². The van der Waals surface area contributed by atoms with Gasteiger partial charge in [0.25, 0.3) is 0 Å². The number of nitrogens with one attached hydrogen (secondary N) is 2. The number of aliphatic hydroxyl groups excluding tert-OH is 1. The van der Waals surface area contributed by atoms with Crippen molar-refractivity contribution in [2.24, 2.45) is 0 Å². The molecule has 2 aliphatic rings. The lowest BCUT2D eigenvalue weighted by molar-refractivity contribution is -0.0328. The second-order valence-electron chi connectivity index (χ2n) is 6.93. The second-order valence-corrected chi connectivity index (χ2v) is 8.00. The van der Waals surface area contributed by atoms with E-state index in [-0.39, 0.29) is 45.5 Å². The number of hydrogen-bond acceptors (Lipinski definition) is 5. The Labute approximate surface area is 163 Å². The van der Waals surface area contributed by atoms with Crippen molar-refractivity contribution in [2.75, 3.05) is 11.9 Å². The van der Waals surface area contributed by atoms with E-state index in [9.17, 15) is 17.6 Å². The van der Waals surface area contributed by atoms with Gasteiger partial charge in [0, 0.05) is 17.5 Å². The molecule has 0 aliphatic carbocycles. The van der Waals surface area contributed by atoms with Crippen LogP contribution in [0, 0.1) is 11.8 Å². The van der Waals surface area contributed by atoms with Crippen LogP contribution in [0.15, 0.2) is 27.5 Å². The topological polar surface area (TPSA) is 57.4 Å². The first-order valence-electron chi connectivity index (χ1n) is 8.93. The average molecular weight is 414 g/mol. The number of furan rings is 1. The third-order valence-electron chi connectivity index (χ3n) is 5.09. The summed E-state index contributed by atoms with van der Waals surface area (Å²) in [5.41, 5.74) is -3.88. The first-order chi connectivity index (χ1) is 13.4. The lowest BCUT2D eigenvalue weighted by Gasteiger charge is -2.33. The minimum Gasteiger partial charge on any atom is -0.444 e. The third kappa shape index (κ3) is 3.81. The Morgan fingerprint density at radius 2 is 2.14 bits per heavy atom. The minimum atomic E-state index is -4.52. The van der Waals surface area contributed by atoms with Gasteiger partial charge < -0.3 is 20.2 Å². The molecule has 150 valence electrons. The van der Waals surface area contributed by atoms with Crippen LogP contribution < -0.4 is 10.6 Å². The smallest absolute Gasteiger partial charge is 0.444 e. The quantitative estimate of drug-likeness (QED) is 0.402. The van der Waals surface area contributed by atoms with E-state index in [2.05, 4.69) is 22.5 Å². The van der Waals surface area contributed by atoms with E-state index in [1.807, 2.05) is 0 Å². The molecule has 28 heavy (non-hydrogen) atoms. The molecule has 9 heteroatoms. The van der Waals surface area contributed by atoms with E-state index in [0.717, 1.165) is 12.8 Å². The first-order valence-corrected chi connectivity index (χ1v) is 9.75. The molecule has 2 fully saturated rings. The van der Waals surface area contributed by atoms with Crippen LogP contribution in [-0.4, -0.2) is 41.5 Å². The molecule has 2 bridgehead atoms. The van der Waals surface area contributed by atoms with Gasteiger partial charge in [-0.1, -0.05) is 12.0 Å². The molecular weight excluding hydrogens is 396 g/mol. The summed E-state index contributed by atoms with van der Waals surface area (Å²) < 4.78 is 59.4. The zero-order chi connectivity index (χ0) is 19.9. The number of benzene rings is 1. The van der Waals surface area contributed by atoms with Crippen molar-refractivity contribution in [3.8, 4) is 11.8 Å². The molecule has 4 rings (SSSR count). The number of alkyl halides is 4. The van der Waals surface area contributed by atoms with Crippen molar-refractivity contribution in [3.05, 3.63) is 24.0 Å². The number of fused-ring (bicyclic) bond motifs is 3. The fourth-order valence-corrected chi connectivity index (χ4v) is 4.66. The number of piperidine rings is 1. The second kappa shape index (κ2) is 7.50. The zero-order valence-electron chi connectivity index (χ0n) is 14.6. The van der Waals surface area contributed by atoms with Crippen molar-refractivity contribution in [1.29, 1.82) is 0 Å². The van der Waals surface area contributed by atoms with Crippen molar-refractivity contribution in [2.45, 2.75) is 54.0 Å². The highest BCUT2D eigenvalue weighted by atomic mass is 32.2. The van der Waals surface area contributed by atoms with Gasteiger partial charge in [0.2, 0.25) is 0 Å². The lowest BCUT2D eigenvalue weighted by Crippen LogP contribution is -2.52. The molecule has 1 aromatic carbocycles. The normalized spacial score (nSPS) is 26.9. The van der Waals surface area contributed by atoms with Gasteiger partial charge in [-0.2, -0.15) is 13.2 Å². The molecule has 0 radical (unpaired) electrons. The molecule has 3 heterocycles. The molecule has 0 saturated carbocycles. The van der Waals surface area contributed by atoms with Gasteiger partial charge in [-0.15, -0.1) is 0 Å². The summed E-state index contributed by atoms with van der Waals surface area (Å²) in [6, 6.07) is 4.38. The van der Waals surface area contributed by atoms with Crippen LogP contribution in [0.1, 0.15) is 25.0 Å². The molecule has 4 nitrogen and oxygen atoms in total. The van der Waals surface area contributed by atoms with Crippen molar-refractivity contribution in [1.82, 2.24) is 5.32 Å². The van der Waals surface area contributed by atoms with E-state index >= 15 is 0 Å². The summed E-state index contributed by atoms with van der Waals surface area (Å²) in [4.78, 5) is -0.158. The van der Waals surface area contributed by atoms with Crippen LogP contribution in [0.5, 0.6) is 0 Å². The fraction of sp³-hybridized carbons (Fsp3) is 0.474. The lowest BCUT2D eigenvalue weighted by atomic mass is 9.97. The van der Waals surface area contributed by atoms with Gasteiger partial charge in [0.15, 0.2) is 11.3 Å². The molecule has 2 saturated heterocycles. The number of halogens is 4. The number of aliphatic hydroxyl groups is 1. The minimum absolute atomic E-state index is 0.158. The largest absolute Gasteiger partial charge is 0.446 e. The molecule has 0 spiro atoms. The Hall–Kier alpha value is -1.89. The van der Waals surface area contributed by atoms with Gasteiger partial charge in [-0.05, 0) is 49.1 Å². The summed E-state index contributed by atoms with van der Waals surface area (Å²) in [5, 5.41) is 15.5. The van der Waals surface area contributed by atoms with Crippen molar-refractivity contribution < 1.29 is 27.1 Å². The number of para-hydroxylation sites is 1. The van der Waals surface area contributed by atoms with Gasteiger partial charge in [-0.3, -0.25) is 0 Å². The van der Waals surface area contributed by atoms with Crippen LogP contribution in [0.25, 0.3) is 11.0 Å². The van der Waals surface area contributed by atoms with Crippen LogP contribution >= 0.6 is 11.8 Å². The highest BCUT2D eigenvalue weighted by Crippen LogP contribution is 2.45. The van der Waals surface area contributed by atoms with Crippen molar-refractivity contribution in [3.63, 3.8) is 0 Å². The molecular formula is C19H18F4N2O2S. The van der Waals surface area contributed by atoms with Gasteiger partial charge in [0.05, 0.1) is 16.6 Å². The summed E-state index contributed by atoms with van der Waals surface area (Å²) in [7, 11) is 0. The summed E-state index contributed by atoms with van der Waals surface area (Å²) >= 11 is -0.310. The molecule has 0 amide bonds. The Bertz CT molecular complexity index is 934. The highest BCUT2D eigenvalue weighted by molar-refractivity contribution is 8.00. The number of thioether (sulfide) groups is 1. The maximum Gasteiger partial charge on any atom is 0.446 e. The van der Waals surface area contributed by atoms with E-state index < -0.39 is 24.3 Å². The third-order valence-corrected chi connectivity index (χ3v) is 5.93. The Kier molecular flexibility index (Phi) is 5.21. The molecule has 2 aromatic rings. The monoisotopic (exact) mass is 414 g/mol. The van der Waals surface area contributed by atoms with Gasteiger partial charge >= 0.3 is 5.51 Å². The highest BCUT2D eigenvalue weighted by Gasteiger charge is 2.42. The van der Waals surface area contributed by atoms with Gasteiger partial charge in [-0.25, -0.2) is 4.39 Å². The molecule has 2 aliphatic heterocycles. The van der Waals surface area contributed by atoms with Crippen LogP contribution in [0.3, 0.4) is 0 Å². The maximum atomic E-state index is 14.7. The predicted octanol–water partition coefficient (Wildman–Crippen LogP) is 4.03. The molecule has 4 atom stereocenters. The molecule has 0 unspecified atom stereocenters. The van der Waals surface area contributed by atoms with Crippen LogP contribution in [0.2, 0.25) is 0 Å². The molecule has 3 N–H and O–H groups in total. The Morgan fingerprint density at radius 1 is 1.32 bits per heavy atom. The first kappa shape index (κ1) is 19.4. The van der Waals surface area contributed by atoms with E-state index in [1.165, 1.54) is 6.07 Å². The number of rotatable bonds is 3. The number of hydrogen-bond donors (Lipinski definition) is 3. The van der Waals surface area contributed by atoms with E-state index in [0.29, 0.717) is 12.1 Å². The molecule has 1 aromatic heterocycles. The van der Waals surface area contributed by atoms with E-state index in [4.69, 9.17) is 9.52 Å². The van der Waals surface area contributed by atoms with Gasteiger partial charge in [0.1, 0.15) is 12.8 Å². The fourth-order valence-electron chi connectivity index (χ4n) is 3.97. The predicted molar refractivity (Wildman–Crippen MR) is 99.0 cm³/mol. The Balaban J connectivity index is 1.71.